The maximum Gasteiger partial charge on any atom is 0.261 e. The number of benzene rings is 2. The first-order valence-corrected chi connectivity index (χ1v) is 11.1. The molecule has 0 aliphatic carbocycles. The van der Waals surface area contributed by atoms with Crippen molar-refractivity contribution in [1.82, 2.24) is 24.4 Å². The first-order chi connectivity index (χ1) is 16.6. The van der Waals surface area contributed by atoms with E-state index in [0.29, 0.717) is 43.6 Å². The van der Waals surface area contributed by atoms with Crippen molar-refractivity contribution in [2.45, 2.75) is 13.0 Å². The summed E-state index contributed by atoms with van der Waals surface area (Å²) in [6.45, 7) is 2.72. The third kappa shape index (κ3) is 4.50. The molecule has 1 aliphatic rings. The Morgan fingerprint density at radius 3 is 2.50 bits per heavy atom. The molecule has 3 heterocycles. The lowest BCUT2D eigenvalue weighted by Crippen LogP contribution is -2.49. The Bertz CT molecular complexity index is 1380. The quantitative estimate of drug-likeness (QED) is 0.457. The Hall–Kier alpha value is -4.14. The van der Waals surface area contributed by atoms with Gasteiger partial charge in [-0.2, -0.15) is 0 Å². The van der Waals surface area contributed by atoms with E-state index in [-0.39, 0.29) is 23.7 Å². The zero-order chi connectivity index (χ0) is 23.5. The Kier molecular flexibility index (Phi) is 5.99. The Morgan fingerprint density at radius 1 is 0.941 bits per heavy atom. The van der Waals surface area contributed by atoms with Gasteiger partial charge in [0.25, 0.3) is 5.56 Å². The van der Waals surface area contributed by atoms with Crippen LogP contribution in [0.4, 0.5) is 10.2 Å². The van der Waals surface area contributed by atoms with Gasteiger partial charge in [-0.25, -0.2) is 19.3 Å². The number of piperazine rings is 1. The average Bonchev–Trinajstić information content (AvgIpc) is 2.89. The SMILES string of the molecule is O=C(CCn1cnc2ccccc2c1=O)N1CCN(c2cc(-c3ccc(F)cc3)ncn2)CC1. The van der Waals surface area contributed by atoms with E-state index in [1.54, 1.807) is 30.3 Å². The summed E-state index contributed by atoms with van der Waals surface area (Å²) >= 11 is 0. The molecule has 1 amide bonds. The van der Waals surface area contributed by atoms with E-state index < -0.39 is 0 Å². The van der Waals surface area contributed by atoms with Gasteiger partial charge in [0.2, 0.25) is 5.91 Å². The van der Waals surface area contributed by atoms with E-state index in [0.717, 1.165) is 17.1 Å². The fourth-order valence-corrected chi connectivity index (χ4v) is 4.12. The van der Waals surface area contributed by atoms with Gasteiger partial charge in [0.05, 0.1) is 22.9 Å². The number of hydrogen-bond donors (Lipinski definition) is 0. The van der Waals surface area contributed by atoms with Crippen LogP contribution >= 0.6 is 0 Å². The van der Waals surface area contributed by atoms with E-state index in [2.05, 4.69) is 19.9 Å². The molecule has 8 nitrogen and oxygen atoms in total. The number of carbonyl (C=O) groups is 1. The number of aromatic nitrogens is 4. The molecule has 2 aromatic heterocycles. The van der Waals surface area contributed by atoms with Crippen molar-refractivity contribution in [3.63, 3.8) is 0 Å². The number of amides is 1. The topological polar surface area (TPSA) is 84.2 Å². The van der Waals surface area contributed by atoms with Crippen molar-refractivity contribution in [1.29, 1.82) is 0 Å². The monoisotopic (exact) mass is 458 g/mol. The summed E-state index contributed by atoms with van der Waals surface area (Å²) in [6, 6.07) is 15.3. The number of fused-ring (bicyclic) bond motifs is 1. The standard InChI is InChI=1S/C25H23FN6O2/c26-19-7-5-18(6-8-19)22-15-23(28-16-27-22)30-11-13-31(14-12-30)24(33)9-10-32-17-29-21-4-2-1-3-20(21)25(32)34/h1-8,15-17H,9-14H2. The average molecular weight is 458 g/mol. The lowest BCUT2D eigenvalue weighted by molar-refractivity contribution is -0.131. The number of nitrogens with zero attached hydrogens (tertiary/aromatic N) is 6. The summed E-state index contributed by atoms with van der Waals surface area (Å²) in [5.74, 6) is 0.491. The van der Waals surface area contributed by atoms with Crippen molar-refractivity contribution in [3.8, 4) is 11.3 Å². The van der Waals surface area contributed by atoms with Crippen molar-refractivity contribution < 1.29 is 9.18 Å². The van der Waals surface area contributed by atoms with Crippen LogP contribution in [0.25, 0.3) is 22.2 Å². The van der Waals surface area contributed by atoms with E-state index in [9.17, 15) is 14.0 Å². The third-order valence-corrected chi connectivity index (χ3v) is 6.05. The van der Waals surface area contributed by atoms with Gasteiger partial charge in [0.1, 0.15) is 18.0 Å². The summed E-state index contributed by atoms with van der Waals surface area (Å²) in [5, 5.41) is 0.552. The van der Waals surface area contributed by atoms with Crippen molar-refractivity contribution in [3.05, 3.63) is 83.4 Å². The van der Waals surface area contributed by atoms with E-state index in [1.165, 1.54) is 29.4 Å². The number of rotatable bonds is 5. The number of para-hydroxylation sites is 1. The zero-order valence-corrected chi connectivity index (χ0v) is 18.5. The lowest BCUT2D eigenvalue weighted by atomic mass is 10.1. The molecule has 5 rings (SSSR count). The van der Waals surface area contributed by atoms with Crippen molar-refractivity contribution in [2.24, 2.45) is 0 Å². The first kappa shape index (κ1) is 21.7. The van der Waals surface area contributed by atoms with E-state index in [1.807, 2.05) is 17.0 Å². The highest BCUT2D eigenvalue weighted by atomic mass is 19.1. The summed E-state index contributed by atoms with van der Waals surface area (Å²) in [4.78, 5) is 42.3. The van der Waals surface area contributed by atoms with Crippen LogP contribution < -0.4 is 10.5 Å². The third-order valence-electron chi connectivity index (χ3n) is 6.05. The molecule has 2 aromatic carbocycles. The molecule has 9 heteroatoms. The highest BCUT2D eigenvalue weighted by molar-refractivity contribution is 5.78. The molecule has 1 fully saturated rings. The van der Waals surface area contributed by atoms with Gasteiger partial charge in [-0.3, -0.25) is 14.2 Å². The Labute approximate surface area is 195 Å². The van der Waals surface area contributed by atoms with Gasteiger partial charge in [-0.05, 0) is 36.4 Å². The second-order valence-corrected chi connectivity index (χ2v) is 8.15. The number of anilines is 1. The molecular formula is C25H23FN6O2. The number of carbonyl (C=O) groups excluding carboxylic acids is 1. The molecule has 0 spiro atoms. The maximum atomic E-state index is 13.2. The molecular weight excluding hydrogens is 435 g/mol. The van der Waals surface area contributed by atoms with Crippen LogP contribution in [0.2, 0.25) is 0 Å². The van der Waals surface area contributed by atoms with E-state index in [4.69, 9.17) is 0 Å². The number of hydrogen-bond acceptors (Lipinski definition) is 6. The lowest BCUT2D eigenvalue weighted by Gasteiger charge is -2.35. The summed E-state index contributed by atoms with van der Waals surface area (Å²) in [6.07, 6.45) is 3.24. The molecule has 0 bridgehead atoms. The molecule has 1 saturated heterocycles. The first-order valence-electron chi connectivity index (χ1n) is 11.1. The molecule has 0 N–H and O–H groups in total. The smallest absolute Gasteiger partial charge is 0.261 e. The van der Waals surface area contributed by atoms with Crippen LogP contribution in [0.1, 0.15) is 6.42 Å². The summed E-state index contributed by atoms with van der Waals surface area (Å²) in [7, 11) is 0. The predicted octanol–water partition coefficient (Wildman–Crippen LogP) is 2.73. The zero-order valence-electron chi connectivity index (χ0n) is 18.5. The minimum Gasteiger partial charge on any atom is -0.353 e. The van der Waals surface area contributed by atoms with Gasteiger partial charge in [0, 0.05) is 50.8 Å². The van der Waals surface area contributed by atoms with Gasteiger partial charge in [0.15, 0.2) is 0 Å². The molecule has 0 radical (unpaired) electrons. The minimum absolute atomic E-state index is 0.00870. The predicted molar refractivity (Wildman–Crippen MR) is 127 cm³/mol. The van der Waals surface area contributed by atoms with Crippen LogP contribution in [0, 0.1) is 5.82 Å². The van der Waals surface area contributed by atoms with Crippen LogP contribution in [-0.2, 0) is 11.3 Å². The number of halogens is 1. The summed E-state index contributed by atoms with van der Waals surface area (Å²) < 4.78 is 14.7. The van der Waals surface area contributed by atoms with Gasteiger partial charge in [-0.1, -0.05) is 12.1 Å². The summed E-state index contributed by atoms with van der Waals surface area (Å²) in [5.41, 5.74) is 2.05. The highest BCUT2D eigenvalue weighted by Crippen LogP contribution is 2.22. The Morgan fingerprint density at radius 2 is 1.71 bits per heavy atom. The Balaban J connectivity index is 1.19. The second-order valence-electron chi connectivity index (χ2n) is 8.15. The minimum atomic E-state index is -0.291. The molecule has 0 saturated carbocycles. The van der Waals surface area contributed by atoms with Gasteiger partial charge < -0.3 is 9.80 Å². The second kappa shape index (κ2) is 9.38. The normalized spacial score (nSPS) is 13.9. The van der Waals surface area contributed by atoms with Crippen LogP contribution in [0.15, 0.2) is 72.0 Å². The molecule has 172 valence electrons. The highest BCUT2D eigenvalue weighted by Gasteiger charge is 2.22. The fraction of sp³-hybridized carbons (Fsp3) is 0.240. The van der Waals surface area contributed by atoms with E-state index >= 15 is 0 Å². The van der Waals surface area contributed by atoms with Crippen LogP contribution in [0.5, 0.6) is 0 Å². The van der Waals surface area contributed by atoms with Crippen molar-refractivity contribution >= 4 is 22.6 Å². The van der Waals surface area contributed by atoms with Gasteiger partial charge in [-0.15, -0.1) is 0 Å². The molecule has 4 aromatic rings. The van der Waals surface area contributed by atoms with Crippen LogP contribution in [0.3, 0.4) is 0 Å². The molecule has 0 atom stereocenters. The maximum absolute atomic E-state index is 13.2. The fourth-order valence-electron chi connectivity index (χ4n) is 4.12. The van der Waals surface area contributed by atoms with Crippen LogP contribution in [-0.4, -0.2) is 56.5 Å². The van der Waals surface area contributed by atoms with Crippen molar-refractivity contribution in [2.75, 3.05) is 31.1 Å². The molecule has 1 aliphatic heterocycles. The van der Waals surface area contributed by atoms with Gasteiger partial charge >= 0.3 is 0 Å². The number of aryl methyl sites for hydroxylation is 1. The molecule has 0 unspecified atom stereocenters. The largest absolute Gasteiger partial charge is 0.353 e. The molecule has 34 heavy (non-hydrogen) atoms.